The van der Waals surface area contributed by atoms with Crippen LogP contribution in [0.1, 0.15) is 23.5 Å². The summed E-state index contributed by atoms with van der Waals surface area (Å²) in [7, 11) is 3.99. The average Bonchev–Trinajstić information content (AvgIpc) is 2.37. The van der Waals surface area contributed by atoms with Gasteiger partial charge in [0.1, 0.15) is 5.75 Å². The van der Waals surface area contributed by atoms with Gasteiger partial charge in [-0.15, -0.1) is 0 Å². The van der Waals surface area contributed by atoms with Crippen LogP contribution >= 0.6 is 0 Å². The van der Waals surface area contributed by atoms with Crippen molar-refractivity contribution in [1.82, 2.24) is 4.90 Å². The Morgan fingerprint density at radius 1 is 1.39 bits per heavy atom. The molecule has 0 radical (unpaired) electrons. The fourth-order valence-corrected chi connectivity index (χ4v) is 3.49. The Hall–Kier alpha value is -1.22. The van der Waals surface area contributed by atoms with Crippen LogP contribution in [0.3, 0.4) is 0 Å². The molecule has 2 heterocycles. The molecule has 3 nitrogen and oxygen atoms in total. The van der Waals surface area contributed by atoms with E-state index in [2.05, 4.69) is 36.3 Å². The van der Waals surface area contributed by atoms with Crippen LogP contribution in [0.15, 0.2) is 12.1 Å². The minimum absolute atomic E-state index is 0.700. The molecule has 1 aromatic carbocycles. The van der Waals surface area contributed by atoms with E-state index in [1.807, 2.05) is 0 Å². The van der Waals surface area contributed by atoms with Crippen molar-refractivity contribution in [3.8, 4) is 5.75 Å². The molecule has 2 aliphatic rings. The Kier molecular flexibility index (Phi) is 2.94. The number of nitrogens with zero attached hydrogens (tertiary/aromatic N) is 1. The Labute approximate surface area is 109 Å². The lowest BCUT2D eigenvalue weighted by Gasteiger charge is -2.41. The van der Waals surface area contributed by atoms with Gasteiger partial charge in [-0.2, -0.15) is 0 Å². The predicted molar refractivity (Wildman–Crippen MR) is 74.6 cm³/mol. The third-order valence-electron chi connectivity index (χ3n) is 4.37. The number of benzene rings is 1. The number of fused-ring (bicyclic) bond motifs is 3. The summed E-state index contributed by atoms with van der Waals surface area (Å²) in [4.78, 5) is 2.45. The Bertz CT molecular complexity index is 458. The molecule has 0 aliphatic carbocycles. The van der Waals surface area contributed by atoms with E-state index in [1.54, 1.807) is 7.11 Å². The van der Waals surface area contributed by atoms with E-state index in [-0.39, 0.29) is 0 Å². The van der Waals surface area contributed by atoms with Gasteiger partial charge < -0.3 is 15.0 Å². The van der Waals surface area contributed by atoms with Crippen molar-refractivity contribution in [2.75, 3.05) is 39.1 Å². The van der Waals surface area contributed by atoms with Gasteiger partial charge in [-0.25, -0.2) is 0 Å². The standard InChI is InChI=1S/C15H22N2O/c1-10-6-13-12-4-5-17(2)9-11(12)8-16-15(13)14(7-10)18-3/h6-7,11-12,16H,4-5,8-9H2,1-3H3. The van der Waals surface area contributed by atoms with Crippen molar-refractivity contribution < 1.29 is 4.74 Å². The molecular weight excluding hydrogens is 224 g/mol. The second-order valence-electron chi connectivity index (χ2n) is 5.73. The minimum Gasteiger partial charge on any atom is -0.495 e. The molecule has 1 fully saturated rings. The highest BCUT2D eigenvalue weighted by Crippen LogP contribution is 2.44. The maximum Gasteiger partial charge on any atom is 0.142 e. The largest absolute Gasteiger partial charge is 0.495 e. The van der Waals surface area contributed by atoms with Crippen LogP contribution in [-0.4, -0.2) is 38.7 Å². The van der Waals surface area contributed by atoms with Crippen LogP contribution in [0, 0.1) is 12.8 Å². The molecule has 2 aliphatic heterocycles. The van der Waals surface area contributed by atoms with Crippen LogP contribution < -0.4 is 10.1 Å². The molecular formula is C15H22N2O. The van der Waals surface area contributed by atoms with Gasteiger partial charge in [-0.3, -0.25) is 0 Å². The van der Waals surface area contributed by atoms with Crippen molar-refractivity contribution in [1.29, 1.82) is 0 Å². The zero-order valence-electron chi connectivity index (χ0n) is 11.5. The smallest absolute Gasteiger partial charge is 0.142 e. The molecule has 0 spiro atoms. The molecule has 3 heteroatoms. The maximum absolute atomic E-state index is 5.52. The number of hydrogen-bond acceptors (Lipinski definition) is 3. The number of hydrogen-bond donors (Lipinski definition) is 1. The summed E-state index contributed by atoms with van der Waals surface area (Å²) in [5.41, 5.74) is 4.00. The summed E-state index contributed by atoms with van der Waals surface area (Å²) in [6.45, 7) is 5.63. The number of piperidine rings is 1. The lowest BCUT2D eigenvalue weighted by atomic mass is 9.77. The summed E-state index contributed by atoms with van der Waals surface area (Å²) >= 11 is 0. The monoisotopic (exact) mass is 246 g/mol. The van der Waals surface area contributed by atoms with Crippen molar-refractivity contribution >= 4 is 5.69 Å². The first-order valence-electron chi connectivity index (χ1n) is 6.80. The molecule has 2 atom stereocenters. The summed E-state index contributed by atoms with van der Waals surface area (Å²) < 4.78 is 5.52. The molecule has 0 bridgehead atoms. The lowest BCUT2D eigenvalue weighted by molar-refractivity contribution is 0.187. The zero-order valence-corrected chi connectivity index (χ0v) is 11.5. The van der Waals surface area contributed by atoms with Gasteiger partial charge >= 0.3 is 0 Å². The van der Waals surface area contributed by atoms with Crippen molar-refractivity contribution in [3.63, 3.8) is 0 Å². The van der Waals surface area contributed by atoms with Gasteiger partial charge in [-0.05, 0) is 56.0 Å². The lowest BCUT2D eigenvalue weighted by Crippen LogP contribution is -2.42. The quantitative estimate of drug-likeness (QED) is 0.824. The second kappa shape index (κ2) is 4.47. The summed E-state index contributed by atoms with van der Waals surface area (Å²) in [5.74, 6) is 2.44. The maximum atomic E-state index is 5.52. The Balaban J connectivity index is 2.01. The predicted octanol–water partition coefficient (Wildman–Crippen LogP) is 2.46. The van der Waals surface area contributed by atoms with Crippen LogP contribution in [-0.2, 0) is 0 Å². The molecule has 98 valence electrons. The van der Waals surface area contributed by atoms with Crippen LogP contribution in [0.2, 0.25) is 0 Å². The molecule has 2 unspecified atom stereocenters. The van der Waals surface area contributed by atoms with E-state index in [0.717, 1.165) is 18.2 Å². The number of aryl methyl sites for hydroxylation is 1. The molecule has 1 N–H and O–H groups in total. The van der Waals surface area contributed by atoms with Crippen molar-refractivity contribution in [3.05, 3.63) is 23.3 Å². The minimum atomic E-state index is 0.700. The molecule has 18 heavy (non-hydrogen) atoms. The van der Waals surface area contributed by atoms with E-state index in [1.165, 1.54) is 36.3 Å². The first kappa shape index (κ1) is 11.8. The molecule has 0 aromatic heterocycles. The molecule has 0 amide bonds. The Morgan fingerprint density at radius 2 is 2.22 bits per heavy atom. The van der Waals surface area contributed by atoms with Crippen molar-refractivity contribution in [2.24, 2.45) is 5.92 Å². The molecule has 1 aromatic rings. The van der Waals surface area contributed by atoms with Crippen LogP contribution in [0.4, 0.5) is 5.69 Å². The zero-order chi connectivity index (χ0) is 12.7. The van der Waals surface area contributed by atoms with E-state index >= 15 is 0 Å². The summed E-state index contributed by atoms with van der Waals surface area (Å²) in [6.07, 6.45) is 1.27. The topological polar surface area (TPSA) is 24.5 Å². The van der Waals surface area contributed by atoms with Crippen molar-refractivity contribution in [2.45, 2.75) is 19.3 Å². The number of anilines is 1. The normalized spacial score (nSPS) is 27.1. The number of ether oxygens (including phenoxy) is 1. The van der Waals surface area contributed by atoms with Crippen LogP contribution in [0.25, 0.3) is 0 Å². The van der Waals surface area contributed by atoms with Gasteiger partial charge in [-0.1, -0.05) is 6.07 Å². The first-order valence-corrected chi connectivity index (χ1v) is 6.80. The fraction of sp³-hybridized carbons (Fsp3) is 0.600. The Morgan fingerprint density at radius 3 is 3.00 bits per heavy atom. The number of methoxy groups -OCH3 is 1. The van der Waals surface area contributed by atoms with Crippen LogP contribution in [0.5, 0.6) is 5.75 Å². The highest BCUT2D eigenvalue weighted by Gasteiger charge is 2.34. The van der Waals surface area contributed by atoms with E-state index < -0.39 is 0 Å². The fourth-order valence-electron chi connectivity index (χ4n) is 3.49. The highest BCUT2D eigenvalue weighted by atomic mass is 16.5. The second-order valence-corrected chi connectivity index (χ2v) is 5.73. The van der Waals surface area contributed by atoms with Gasteiger partial charge in [0.05, 0.1) is 12.8 Å². The van der Waals surface area contributed by atoms with Gasteiger partial charge in [0.2, 0.25) is 0 Å². The van der Waals surface area contributed by atoms with Gasteiger partial charge in [0.25, 0.3) is 0 Å². The van der Waals surface area contributed by atoms with E-state index in [0.29, 0.717) is 5.92 Å². The summed E-state index contributed by atoms with van der Waals surface area (Å²) in [6, 6.07) is 4.47. The molecule has 3 rings (SSSR count). The average molecular weight is 246 g/mol. The van der Waals surface area contributed by atoms with Gasteiger partial charge in [0.15, 0.2) is 0 Å². The number of rotatable bonds is 1. The highest BCUT2D eigenvalue weighted by molar-refractivity contribution is 5.66. The van der Waals surface area contributed by atoms with Gasteiger partial charge in [0, 0.05) is 13.1 Å². The van der Waals surface area contributed by atoms with E-state index in [4.69, 9.17) is 4.74 Å². The van der Waals surface area contributed by atoms with E-state index in [9.17, 15) is 0 Å². The first-order chi connectivity index (χ1) is 8.69. The molecule has 0 saturated carbocycles. The third kappa shape index (κ3) is 1.87. The third-order valence-corrected chi connectivity index (χ3v) is 4.37. The summed E-state index contributed by atoms with van der Waals surface area (Å²) in [5, 5.41) is 3.58. The SMILES string of the molecule is COc1cc(C)cc2c1NCC1CN(C)CCC21. The molecule has 1 saturated heterocycles. The number of nitrogens with one attached hydrogen (secondary N) is 1. The number of likely N-dealkylation sites (tertiary alicyclic amines) is 1.